The van der Waals surface area contributed by atoms with Crippen LogP contribution in [0.5, 0.6) is 0 Å². The molecule has 120 valence electrons. The van der Waals surface area contributed by atoms with Crippen molar-refractivity contribution in [1.82, 2.24) is 4.98 Å². The lowest BCUT2D eigenvalue weighted by atomic mass is 10.1. The van der Waals surface area contributed by atoms with E-state index in [-0.39, 0.29) is 5.56 Å². The minimum atomic E-state index is -2.15. The summed E-state index contributed by atoms with van der Waals surface area (Å²) in [5.41, 5.74) is 3.53. The largest absolute Gasteiger partial charge is 0.455 e. The molecule has 0 aliphatic heterocycles. The number of aromatic nitrogens is 1. The summed E-state index contributed by atoms with van der Waals surface area (Å²) in [6.07, 6.45) is 1.44. The normalized spacial score (nSPS) is 14.5. The van der Waals surface area contributed by atoms with Crippen LogP contribution in [-0.4, -0.2) is 13.1 Å². The molecule has 0 amide bonds. The van der Waals surface area contributed by atoms with Crippen molar-refractivity contribution in [1.29, 1.82) is 0 Å². The lowest BCUT2D eigenvalue weighted by Crippen LogP contribution is -2.37. The predicted octanol–water partition coefficient (Wildman–Crippen LogP) is 5.50. The number of benzene rings is 2. The molecule has 0 radical (unpaired) electrons. The van der Waals surface area contributed by atoms with E-state index in [1.165, 1.54) is 11.4 Å². The summed E-state index contributed by atoms with van der Waals surface area (Å²) in [5.74, 6) is 0. The van der Waals surface area contributed by atoms with Gasteiger partial charge >= 0.3 is 0 Å². The quantitative estimate of drug-likeness (QED) is 0.452. The van der Waals surface area contributed by atoms with Gasteiger partial charge in [-0.1, -0.05) is 55.2 Å². The minimum absolute atomic E-state index is 0.244. The molecule has 2 heterocycles. The zero-order valence-corrected chi connectivity index (χ0v) is 15.1. The number of para-hydroxylation sites is 1. The fourth-order valence-corrected chi connectivity index (χ4v) is 4.16. The van der Waals surface area contributed by atoms with Crippen LogP contribution in [-0.2, 0) is 0 Å². The summed E-state index contributed by atoms with van der Waals surface area (Å²) in [6.45, 7) is 4.78. The van der Waals surface area contributed by atoms with Gasteiger partial charge in [0.25, 0.3) is 0 Å². The fourth-order valence-electron chi connectivity index (χ4n) is 3.00. The third-order valence-electron chi connectivity index (χ3n) is 4.38. The fraction of sp³-hybridized carbons (Fsp3) is 0.190. The van der Waals surface area contributed by atoms with Gasteiger partial charge in [-0.3, -0.25) is 4.98 Å². The molecule has 0 unspecified atom stereocenters. The van der Waals surface area contributed by atoms with Crippen LogP contribution in [0.2, 0.25) is 19.6 Å². The molecule has 4 aromatic rings. The van der Waals surface area contributed by atoms with E-state index in [0.717, 1.165) is 33.2 Å². The average molecular weight is 335 g/mol. The van der Waals surface area contributed by atoms with Gasteiger partial charge in [0.2, 0.25) is 0 Å². The van der Waals surface area contributed by atoms with Gasteiger partial charge in [0, 0.05) is 26.6 Å². The maximum absolute atomic E-state index is 7.55. The summed E-state index contributed by atoms with van der Waals surface area (Å²) >= 11 is 0. The molecule has 24 heavy (non-hydrogen) atoms. The lowest BCUT2D eigenvalue weighted by molar-refractivity contribution is 0.670. The van der Waals surface area contributed by atoms with E-state index >= 15 is 0 Å². The molecule has 0 saturated heterocycles. The van der Waals surface area contributed by atoms with E-state index in [0.29, 0.717) is 0 Å². The zero-order chi connectivity index (χ0) is 19.4. The van der Waals surface area contributed by atoms with E-state index in [2.05, 4.69) is 42.8 Å². The number of hydrogen-bond donors (Lipinski definition) is 0. The Labute approximate surface area is 147 Å². The van der Waals surface area contributed by atoms with E-state index < -0.39 is 14.9 Å². The highest BCUT2D eigenvalue weighted by atomic mass is 28.3. The summed E-state index contributed by atoms with van der Waals surface area (Å²) < 4.78 is 28.8. The maximum Gasteiger partial charge on any atom is 0.144 e. The van der Waals surface area contributed by atoms with Crippen LogP contribution >= 0.6 is 0 Å². The second-order valence-electron chi connectivity index (χ2n) is 7.18. The van der Waals surface area contributed by atoms with Crippen molar-refractivity contribution in [2.75, 3.05) is 0 Å². The van der Waals surface area contributed by atoms with E-state index in [1.54, 1.807) is 12.1 Å². The first kappa shape index (κ1) is 12.0. The Bertz CT molecular complexity index is 1140. The highest BCUT2D eigenvalue weighted by molar-refractivity contribution is 6.89. The molecule has 2 aromatic carbocycles. The van der Waals surface area contributed by atoms with Crippen LogP contribution in [0, 0.1) is 6.85 Å². The second kappa shape index (κ2) is 5.31. The molecule has 0 spiro atoms. The van der Waals surface area contributed by atoms with Gasteiger partial charge in [0.1, 0.15) is 11.2 Å². The Balaban J connectivity index is 2.01. The Morgan fingerprint density at radius 1 is 1.00 bits per heavy atom. The monoisotopic (exact) mass is 334 g/mol. The maximum atomic E-state index is 7.55. The van der Waals surface area contributed by atoms with Crippen molar-refractivity contribution in [2.24, 2.45) is 0 Å². The van der Waals surface area contributed by atoms with Crippen LogP contribution in [0.25, 0.3) is 33.2 Å². The molecule has 0 N–H and O–H groups in total. The highest BCUT2D eigenvalue weighted by Gasteiger charge is 2.21. The topological polar surface area (TPSA) is 26.0 Å². The Morgan fingerprint density at radius 3 is 2.54 bits per heavy atom. The third-order valence-corrected chi connectivity index (χ3v) is 6.40. The summed E-state index contributed by atoms with van der Waals surface area (Å²) in [5, 5.41) is 3.49. The van der Waals surface area contributed by atoms with Crippen LogP contribution in [0.1, 0.15) is 9.68 Å². The average Bonchev–Trinajstić information content (AvgIpc) is 2.98. The molecule has 2 aromatic heterocycles. The first-order valence-electron chi connectivity index (χ1n) is 9.57. The van der Waals surface area contributed by atoms with Crippen LogP contribution in [0.3, 0.4) is 0 Å². The van der Waals surface area contributed by atoms with Gasteiger partial charge in [-0.15, -0.1) is 0 Å². The van der Waals surface area contributed by atoms with Crippen molar-refractivity contribution in [2.45, 2.75) is 26.5 Å². The number of fused-ring (bicyclic) bond motifs is 3. The van der Waals surface area contributed by atoms with Gasteiger partial charge in [-0.2, -0.15) is 0 Å². The standard InChI is InChI=1S/C21H21NOSi/c1-14-9-10-19(22-13-14)18-12-15(24(2,3)4)11-17-16-7-5-6-8-20(16)23-21(17)18/h5-13H,1-4H3/i1D3. The highest BCUT2D eigenvalue weighted by Crippen LogP contribution is 2.35. The van der Waals surface area contributed by atoms with Crippen LogP contribution < -0.4 is 5.19 Å². The van der Waals surface area contributed by atoms with E-state index in [1.807, 2.05) is 18.2 Å². The van der Waals surface area contributed by atoms with Crippen molar-refractivity contribution in [3.63, 3.8) is 0 Å². The van der Waals surface area contributed by atoms with Crippen LogP contribution in [0.15, 0.2) is 59.1 Å². The van der Waals surface area contributed by atoms with Gasteiger partial charge in [-0.25, -0.2) is 0 Å². The van der Waals surface area contributed by atoms with Crippen molar-refractivity contribution in [3.05, 3.63) is 60.3 Å². The molecule has 2 nitrogen and oxygen atoms in total. The molecule has 0 atom stereocenters. The van der Waals surface area contributed by atoms with Crippen LogP contribution in [0.4, 0.5) is 0 Å². The van der Waals surface area contributed by atoms with Gasteiger partial charge in [-0.05, 0) is 30.6 Å². The molecule has 3 heteroatoms. The molecule has 0 aliphatic rings. The Morgan fingerprint density at radius 2 is 1.83 bits per heavy atom. The molecule has 0 saturated carbocycles. The SMILES string of the molecule is [2H]C([2H])([2H])c1ccc(-c2cc([Si](C)(C)C)cc3c2oc2ccccc23)nc1. The smallest absolute Gasteiger partial charge is 0.144 e. The minimum Gasteiger partial charge on any atom is -0.455 e. The van der Waals surface area contributed by atoms with Crippen molar-refractivity contribution in [3.8, 4) is 11.3 Å². The summed E-state index contributed by atoms with van der Waals surface area (Å²) in [4.78, 5) is 4.45. The molecular formula is C21H21NOSi. The van der Waals surface area contributed by atoms with E-state index in [4.69, 9.17) is 8.53 Å². The third kappa shape index (κ3) is 2.45. The van der Waals surface area contributed by atoms with Gasteiger partial charge < -0.3 is 4.42 Å². The second-order valence-corrected chi connectivity index (χ2v) is 12.3. The molecule has 0 bridgehead atoms. The molecule has 4 rings (SSSR count). The lowest BCUT2D eigenvalue weighted by Gasteiger charge is -2.18. The van der Waals surface area contributed by atoms with Gasteiger partial charge in [0.05, 0.1) is 13.8 Å². The summed E-state index contributed by atoms with van der Waals surface area (Å²) in [7, 11) is -1.58. The van der Waals surface area contributed by atoms with E-state index in [9.17, 15) is 0 Å². The van der Waals surface area contributed by atoms with Gasteiger partial charge in [0.15, 0.2) is 0 Å². The number of hydrogen-bond acceptors (Lipinski definition) is 2. The first-order chi connectivity index (χ1) is 12.6. The van der Waals surface area contributed by atoms with Crippen molar-refractivity contribution >= 4 is 35.2 Å². The number of aryl methyl sites for hydroxylation is 1. The predicted molar refractivity (Wildman–Crippen MR) is 105 cm³/mol. The number of pyridine rings is 1. The molecule has 0 fully saturated rings. The number of rotatable bonds is 2. The molecular weight excluding hydrogens is 310 g/mol. The summed E-state index contributed by atoms with van der Waals surface area (Å²) in [6, 6.07) is 15.8. The molecule has 0 aliphatic carbocycles. The Hall–Kier alpha value is -2.39. The number of furan rings is 1. The first-order valence-corrected chi connectivity index (χ1v) is 11.6. The Kier molecular flexibility index (Phi) is 2.67. The van der Waals surface area contributed by atoms with Crippen molar-refractivity contribution < 1.29 is 8.53 Å². The zero-order valence-electron chi connectivity index (χ0n) is 17.1. The number of nitrogens with zero attached hydrogens (tertiary/aromatic N) is 1.